The van der Waals surface area contributed by atoms with Crippen molar-refractivity contribution in [1.29, 1.82) is 0 Å². The van der Waals surface area contributed by atoms with E-state index in [1.165, 1.54) is 11.3 Å². The van der Waals surface area contributed by atoms with Gasteiger partial charge in [-0.1, -0.05) is 12.1 Å². The SMILES string of the molecule is Cc1cccc(CO[C@@H]2CN(Cc3cccs3)[C@@H]3CCCO[C@@H]32)n1. The van der Waals surface area contributed by atoms with Crippen molar-refractivity contribution < 1.29 is 9.47 Å². The molecule has 0 aromatic carbocycles. The van der Waals surface area contributed by atoms with Crippen molar-refractivity contribution in [2.24, 2.45) is 0 Å². The molecule has 0 spiro atoms. The summed E-state index contributed by atoms with van der Waals surface area (Å²) in [5.41, 5.74) is 2.03. The predicted molar refractivity (Wildman–Crippen MR) is 95.0 cm³/mol. The van der Waals surface area contributed by atoms with Crippen LogP contribution in [0.5, 0.6) is 0 Å². The smallest absolute Gasteiger partial charge is 0.100 e. The van der Waals surface area contributed by atoms with Crippen LogP contribution in [-0.4, -0.2) is 41.3 Å². The van der Waals surface area contributed by atoms with E-state index >= 15 is 0 Å². The number of nitrogens with zero attached hydrogens (tertiary/aromatic N) is 2. The lowest BCUT2D eigenvalue weighted by Crippen LogP contribution is -2.41. The maximum Gasteiger partial charge on any atom is 0.100 e. The van der Waals surface area contributed by atoms with E-state index in [4.69, 9.17) is 9.47 Å². The van der Waals surface area contributed by atoms with Crippen LogP contribution >= 0.6 is 11.3 Å². The molecule has 2 saturated heterocycles. The monoisotopic (exact) mass is 344 g/mol. The van der Waals surface area contributed by atoms with Gasteiger partial charge in [0, 0.05) is 36.3 Å². The molecule has 128 valence electrons. The molecule has 0 bridgehead atoms. The molecule has 0 aliphatic carbocycles. The topological polar surface area (TPSA) is 34.6 Å². The van der Waals surface area contributed by atoms with Crippen molar-refractivity contribution in [2.75, 3.05) is 13.2 Å². The molecular formula is C19H24N2O2S. The maximum absolute atomic E-state index is 6.24. The van der Waals surface area contributed by atoms with Crippen molar-refractivity contribution >= 4 is 11.3 Å². The van der Waals surface area contributed by atoms with Crippen LogP contribution in [0.4, 0.5) is 0 Å². The highest BCUT2D eigenvalue weighted by molar-refractivity contribution is 7.09. The van der Waals surface area contributed by atoms with Crippen LogP contribution in [0.3, 0.4) is 0 Å². The van der Waals surface area contributed by atoms with Crippen LogP contribution in [0.2, 0.25) is 0 Å². The Morgan fingerprint density at radius 1 is 1.33 bits per heavy atom. The van der Waals surface area contributed by atoms with E-state index in [0.29, 0.717) is 12.6 Å². The van der Waals surface area contributed by atoms with Gasteiger partial charge in [-0.25, -0.2) is 0 Å². The molecule has 2 aliphatic heterocycles. The largest absolute Gasteiger partial charge is 0.374 e. The maximum atomic E-state index is 6.24. The van der Waals surface area contributed by atoms with E-state index in [1.54, 1.807) is 0 Å². The van der Waals surface area contributed by atoms with Gasteiger partial charge in [0.15, 0.2) is 0 Å². The Balaban J connectivity index is 1.42. The minimum absolute atomic E-state index is 0.137. The molecule has 0 radical (unpaired) electrons. The highest BCUT2D eigenvalue weighted by Gasteiger charge is 2.44. The number of hydrogen-bond donors (Lipinski definition) is 0. The minimum atomic E-state index is 0.137. The van der Waals surface area contributed by atoms with Crippen molar-refractivity contribution in [1.82, 2.24) is 9.88 Å². The molecule has 4 nitrogen and oxygen atoms in total. The van der Waals surface area contributed by atoms with Gasteiger partial charge >= 0.3 is 0 Å². The summed E-state index contributed by atoms with van der Waals surface area (Å²) in [5.74, 6) is 0. The van der Waals surface area contributed by atoms with Crippen molar-refractivity contribution in [3.05, 3.63) is 52.0 Å². The molecular weight excluding hydrogens is 320 g/mol. The van der Waals surface area contributed by atoms with E-state index < -0.39 is 0 Å². The molecule has 3 atom stereocenters. The van der Waals surface area contributed by atoms with E-state index in [0.717, 1.165) is 37.5 Å². The Kier molecular flexibility index (Phi) is 4.94. The second kappa shape index (κ2) is 7.31. The lowest BCUT2D eigenvalue weighted by Gasteiger charge is -2.32. The highest BCUT2D eigenvalue weighted by Crippen LogP contribution is 2.32. The number of thiophene rings is 1. The lowest BCUT2D eigenvalue weighted by molar-refractivity contribution is -0.0823. The summed E-state index contributed by atoms with van der Waals surface area (Å²) in [6.45, 7) is 5.38. The number of aromatic nitrogens is 1. The molecule has 5 heteroatoms. The van der Waals surface area contributed by atoms with Gasteiger partial charge < -0.3 is 9.47 Å². The molecule has 2 aromatic rings. The number of aryl methyl sites for hydroxylation is 1. The summed E-state index contributed by atoms with van der Waals surface area (Å²) in [5, 5.41) is 2.15. The number of hydrogen-bond acceptors (Lipinski definition) is 5. The number of fused-ring (bicyclic) bond motifs is 1. The third-order valence-electron chi connectivity index (χ3n) is 4.91. The molecule has 0 amide bonds. The van der Waals surface area contributed by atoms with E-state index in [-0.39, 0.29) is 12.2 Å². The first-order valence-corrected chi connectivity index (χ1v) is 9.60. The van der Waals surface area contributed by atoms with Gasteiger partial charge in [0.1, 0.15) is 6.10 Å². The Morgan fingerprint density at radius 2 is 2.29 bits per heavy atom. The Morgan fingerprint density at radius 3 is 3.12 bits per heavy atom. The average molecular weight is 344 g/mol. The molecule has 0 N–H and O–H groups in total. The van der Waals surface area contributed by atoms with Crippen LogP contribution in [0.1, 0.15) is 29.1 Å². The fourth-order valence-electron chi connectivity index (χ4n) is 3.81. The first-order chi connectivity index (χ1) is 11.8. The second-order valence-corrected chi connectivity index (χ2v) is 7.71. The van der Waals surface area contributed by atoms with Crippen LogP contribution in [0, 0.1) is 6.92 Å². The Hall–Kier alpha value is -1.27. The summed E-state index contributed by atoms with van der Waals surface area (Å²) >= 11 is 1.83. The van der Waals surface area contributed by atoms with Crippen molar-refractivity contribution in [3.63, 3.8) is 0 Å². The summed E-state index contributed by atoms with van der Waals surface area (Å²) < 4.78 is 12.3. The summed E-state index contributed by atoms with van der Waals surface area (Å²) in [6.07, 6.45) is 2.69. The number of ether oxygens (including phenoxy) is 2. The van der Waals surface area contributed by atoms with Gasteiger partial charge in [0.05, 0.1) is 18.4 Å². The van der Waals surface area contributed by atoms with Crippen molar-refractivity contribution in [3.8, 4) is 0 Å². The normalized spacial score (nSPS) is 27.3. The zero-order valence-electron chi connectivity index (χ0n) is 14.1. The predicted octanol–water partition coefficient (Wildman–Crippen LogP) is 3.40. The van der Waals surface area contributed by atoms with Gasteiger partial charge in [-0.2, -0.15) is 0 Å². The Labute approximate surface area is 147 Å². The third kappa shape index (κ3) is 3.54. The summed E-state index contributed by atoms with van der Waals surface area (Å²) in [7, 11) is 0. The van der Waals surface area contributed by atoms with Crippen LogP contribution in [-0.2, 0) is 22.6 Å². The minimum Gasteiger partial charge on any atom is -0.374 e. The lowest BCUT2D eigenvalue weighted by atomic mass is 10.0. The van der Waals surface area contributed by atoms with Gasteiger partial charge in [-0.15, -0.1) is 11.3 Å². The van der Waals surface area contributed by atoms with Crippen LogP contribution in [0.25, 0.3) is 0 Å². The van der Waals surface area contributed by atoms with E-state index in [2.05, 4.69) is 27.4 Å². The van der Waals surface area contributed by atoms with Crippen LogP contribution in [0.15, 0.2) is 35.7 Å². The van der Waals surface area contributed by atoms with Crippen LogP contribution < -0.4 is 0 Å². The first-order valence-electron chi connectivity index (χ1n) is 8.72. The van der Waals surface area contributed by atoms with Gasteiger partial charge in [-0.3, -0.25) is 9.88 Å². The number of rotatable bonds is 5. The molecule has 24 heavy (non-hydrogen) atoms. The van der Waals surface area contributed by atoms with E-state index in [1.807, 2.05) is 36.5 Å². The molecule has 2 aromatic heterocycles. The van der Waals surface area contributed by atoms with Crippen molar-refractivity contribution in [2.45, 2.75) is 51.2 Å². The molecule has 4 heterocycles. The molecule has 0 unspecified atom stereocenters. The summed E-state index contributed by atoms with van der Waals surface area (Å²) in [6, 6.07) is 10.9. The summed E-state index contributed by atoms with van der Waals surface area (Å²) in [4.78, 5) is 8.50. The first kappa shape index (κ1) is 16.2. The average Bonchev–Trinajstić information content (AvgIpc) is 3.22. The van der Waals surface area contributed by atoms with Gasteiger partial charge in [0.2, 0.25) is 0 Å². The third-order valence-corrected chi connectivity index (χ3v) is 5.78. The molecule has 2 aliphatic rings. The fraction of sp³-hybridized carbons (Fsp3) is 0.526. The fourth-order valence-corrected chi connectivity index (χ4v) is 4.54. The highest BCUT2D eigenvalue weighted by atomic mass is 32.1. The zero-order chi connectivity index (χ0) is 16.4. The number of pyridine rings is 1. The van der Waals surface area contributed by atoms with Gasteiger partial charge in [-0.05, 0) is 43.3 Å². The molecule has 0 saturated carbocycles. The Bertz CT molecular complexity index is 661. The zero-order valence-corrected chi connectivity index (χ0v) is 14.9. The van der Waals surface area contributed by atoms with E-state index in [9.17, 15) is 0 Å². The second-order valence-electron chi connectivity index (χ2n) is 6.67. The molecule has 2 fully saturated rings. The quantitative estimate of drug-likeness (QED) is 0.833. The number of likely N-dealkylation sites (tertiary alicyclic amines) is 1. The standard InChI is InChI=1S/C19H24N2O2S/c1-14-5-2-6-15(20-14)13-23-18-12-21(11-16-7-4-10-24-16)17-8-3-9-22-19(17)18/h2,4-7,10,17-19H,3,8-9,11-13H2,1H3/t17-,18-,19+/m1/s1. The van der Waals surface area contributed by atoms with Gasteiger partial charge in [0.25, 0.3) is 0 Å². The molecule has 4 rings (SSSR count).